The van der Waals surface area contributed by atoms with Crippen LogP contribution in [0.4, 0.5) is 0 Å². The third-order valence-corrected chi connectivity index (χ3v) is 5.13. The number of aromatic amines is 1. The average molecular weight is 310 g/mol. The number of nitrogens with one attached hydrogen (secondary N) is 1. The van der Waals surface area contributed by atoms with Crippen LogP contribution in [0.5, 0.6) is 0 Å². The van der Waals surface area contributed by atoms with Crippen molar-refractivity contribution in [2.45, 2.75) is 32.1 Å². The lowest BCUT2D eigenvalue weighted by Crippen LogP contribution is -2.18. The minimum Gasteiger partial charge on any atom is -0.381 e. The average Bonchev–Trinajstić information content (AvgIpc) is 3.27. The SMILES string of the molecule is c1ccc(C2=C(c3nn[nH]n3)C(C3CCOC3)CCCC2)cc1. The van der Waals surface area contributed by atoms with Gasteiger partial charge in [0.05, 0.1) is 6.61 Å². The van der Waals surface area contributed by atoms with Crippen molar-refractivity contribution < 1.29 is 4.74 Å². The molecule has 0 bridgehead atoms. The third kappa shape index (κ3) is 2.93. The van der Waals surface area contributed by atoms with Crippen LogP contribution < -0.4 is 0 Å². The van der Waals surface area contributed by atoms with Crippen LogP contribution in [0.25, 0.3) is 11.1 Å². The Morgan fingerprint density at radius 3 is 2.74 bits per heavy atom. The van der Waals surface area contributed by atoms with Gasteiger partial charge < -0.3 is 4.74 Å². The van der Waals surface area contributed by atoms with Gasteiger partial charge in [0, 0.05) is 12.2 Å². The molecular formula is C18H22N4O. The molecule has 1 saturated heterocycles. The van der Waals surface area contributed by atoms with E-state index in [1.165, 1.54) is 36.0 Å². The quantitative estimate of drug-likeness (QED) is 0.944. The van der Waals surface area contributed by atoms with E-state index in [4.69, 9.17) is 4.74 Å². The normalized spacial score (nSPS) is 25.6. The standard InChI is InChI=1S/C18H22N4O/c1-2-6-13(7-3-1)15-8-4-5-9-16(14-10-11-23-12-14)17(15)18-19-21-22-20-18/h1-3,6-7,14,16H,4-5,8-12H2,(H,19,20,21,22). The van der Waals surface area contributed by atoms with E-state index in [0.717, 1.165) is 31.9 Å². The molecule has 0 amide bonds. The van der Waals surface area contributed by atoms with Crippen LogP contribution in [0.3, 0.4) is 0 Å². The van der Waals surface area contributed by atoms with Crippen LogP contribution in [0.15, 0.2) is 30.3 Å². The number of H-pyrrole nitrogens is 1. The Balaban J connectivity index is 1.84. The van der Waals surface area contributed by atoms with Crippen molar-refractivity contribution in [3.63, 3.8) is 0 Å². The molecule has 0 saturated carbocycles. The van der Waals surface area contributed by atoms with Crippen molar-refractivity contribution in [1.82, 2.24) is 20.6 Å². The fourth-order valence-electron chi connectivity index (χ4n) is 4.03. The topological polar surface area (TPSA) is 63.7 Å². The summed E-state index contributed by atoms with van der Waals surface area (Å²) >= 11 is 0. The van der Waals surface area contributed by atoms with Crippen LogP contribution in [0.1, 0.15) is 43.5 Å². The summed E-state index contributed by atoms with van der Waals surface area (Å²) in [5.41, 5.74) is 3.97. The van der Waals surface area contributed by atoms with Gasteiger partial charge in [0.2, 0.25) is 5.82 Å². The summed E-state index contributed by atoms with van der Waals surface area (Å²) in [6.45, 7) is 1.73. The summed E-state index contributed by atoms with van der Waals surface area (Å²) in [6, 6.07) is 10.7. The predicted molar refractivity (Wildman–Crippen MR) is 88.3 cm³/mol. The molecule has 1 aromatic heterocycles. The zero-order valence-corrected chi connectivity index (χ0v) is 13.2. The predicted octanol–water partition coefficient (Wildman–Crippen LogP) is 3.34. The van der Waals surface area contributed by atoms with Gasteiger partial charge in [-0.05, 0) is 53.9 Å². The molecule has 1 fully saturated rings. The highest BCUT2D eigenvalue weighted by molar-refractivity contribution is 5.90. The Hall–Kier alpha value is -2.01. The van der Waals surface area contributed by atoms with E-state index in [1.54, 1.807) is 0 Å². The van der Waals surface area contributed by atoms with Crippen LogP contribution in [-0.2, 0) is 4.74 Å². The van der Waals surface area contributed by atoms with Gasteiger partial charge in [-0.25, -0.2) is 0 Å². The second-order valence-electron chi connectivity index (χ2n) is 6.47. The van der Waals surface area contributed by atoms with Gasteiger partial charge in [0.25, 0.3) is 0 Å². The molecule has 4 rings (SSSR count). The molecule has 5 nitrogen and oxygen atoms in total. The number of rotatable bonds is 3. The number of nitrogens with zero attached hydrogens (tertiary/aromatic N) is 3. The fourth-order valence-corrected chi connectivity index (χ4v) is 4.03. The first-order valence-corrected chi connectivity index (χ1v) is 8.53. The van der Waals surface area contributed by atoms with Gasteiger partial charge in [-0.3, -0.25) is 0 Å². The highest BCUT2D eigenvalue weighted by Crippen LogP contribution is 2.44. The maximum atomic E-state index is 5.67. The van der Waals surface area contributed by atoms with E-state index >= 15 is 0 Å². The molecular weight excluding hydrogens is 288 g/mol. The second kappa shape index (κ2) is 6.62. The van der Waals surface area contributed by atoms with Crippen LogP contribution >= 0.6 is 0 Å². The van der Waals surface area contributed by atoms with Crippen LogP contribution in [0.2, 0.25) is 0 Å². The van der Waals surface area contributed by atoms with Gasteiger partial charge in [-0.15, -0.1) is 10.2 Å². The monoisotopic (exact) mass is 310 g/mol. The molecule has 5 heteroatoms. The molecule has 23 heavy (non-hydrogen) atoms. The molecule has 0 spiro atoms. The van der Waals surface area contributed by atoms with E-state index in [-0.39, 0.29) is 0 Å². The molecule has 2 heterocycles. The van der Waals surface area contributed by atoms with Crippen molar-refractivity contribution in [2.24, 2.45) is 11.8 Å². The Kier molecular flexibility index (Phi) is 4.20. The van der Waals surface area contributed by atoms with E-state index in [9.17, 15) is 0 Å². The molecule has 1 aliphatic carbocycles. The molecule has 1 aromatic carbocycles. The maximum Gasteiger partial charge on any atom is 0.201 e. The van der Waals surface area contributed by atoms with Crippen molar-refractivity contribution in [1.29, 1.82) is 0 Å². The van der Waals surface area contributed by atoms with Crippen LogP contribution in [0, 0.1) is 11.8 Å². The number of hydrogen-bond acceptors (Lipinski definition) is 4. The summed E-state index contributed by atoms with van der Waals surface area (Å²) in [6.07, 6.45) is 5.87. The highest BCUT2D eigenvalue weighted by Gasteiger charge is 2.34. The second-order valence-corrected chi connectivity index (χ2v) is 6.47. The number of hydrogen-bond donors (Lipinski definition) is 1. The van der Waals surface area contributed by atoms with Crippen molar-refractivity contribution >= 4 is 11.1 Å². The number of ether oxygens (including phenoxy) is 1. The van der Waals surface area contributed by atoms with Gasteiger partial charge in [-0.2, -0.15) is 5.21 Å². The number of benzene rings is 1. The van der Waals surface area contributed by atoms with E-state index < -0.39 is 0 Å². The number of aromatic nitrogens is 4. The third-order valence-electron chi connectivity index (χ3n) is 5.13. The van der Waals surface area contributed by atoms with Crippen molar-refractivity contribution in [2.75, 3.05) is 13.2 Å². The molecule has 2 unspecified atom stereocenters. The van der Waals surface area contributed by atoms with E-state index in [2.05, 4.69) is 51.0 Å². The zero-order chi connectivity index (χ0) is 15.5. The van der Waals surface area contributed by atoms with Gasteiger partial charge in [-0.1, -0.05) is 36.8 Å². The largest absolute Gasteiger partial charge is 0.381 e. The molecule has 120 valence electrons. The zero-order valence-electron chi connectivity index (χ0n) is 13.2. The van der Waals surface area contributed by atoms with Gasteiger partial charge >= 0.3 is 0 Å². The van der Waals surface area contributed by atoms with Gasteiger partial charge in [0.15, 0.2) is 0 Å². The number of tetrazole rings is 1. The van der Waals surface area contributed by atoms with E-state index in [1.807, 2.05) is 0 Å². The molecule has 2 aromatic rings. The first kappa shape index (κ1) is 14.6. The van der Waals surface area contributed by atoms with Crippen LogP contribution in [-0.4, -0.2) is 33.8 Å². The Bertz CT molecular complexity index is 660. The van der Waals surface area contributed by atoms with Gasteiger partial charge in [0.1, 0.15) is 0 Å². The molecule has 0 radical (unpaired) electrons. The lowest BCUT2D eigenvalue weighted by molar-refractivity contribution is 0.177. The minimum atomic E-state index is 0.466. The summed E-state index contributed by atoms with van der Waals surface area (Å²) in [5, 5.41) is 15.1. The van der Waals surface area contributed by atoms with Crippen molar-refractivity contribution in [3.8, 4) is 0 Å². The molecule has 2 atom stereocenters. The summed E-state index contributed by atoms with van der Waals surface area (Å²) in [7, 11) is 0. The number of allylic oxidation sites excluding steroid dienone is 2. The first-order valence-electron chi connectivity index (χ1n) is 8.53. The molecule has 1 aliphatic heterocycles. The Labute approximate surface area is 136 Å². The molecule has 1 N–H and O–H groups in total. The smallest absolute Gasteiger partial charge is 0.201 e. The highest BCUT2D eigenvalue weighted by atomic mass is 16.5. The minimum absolute atomic E-state index is 0.466. The summed E-state index contributed by atoms with van der Waals surface area (Å²) in [4.78, 5) is 0. The Morgan fingerprint density at radius 1 is 1.09 bits per heavy atom. The lowest BCUT2D eigenvalue weighted by Gasteiger charge is -2.24. The Morgan fingerprint density at radius 2 is 2.00 bits per heavy atom. The first-order chi connectivity index (χ1) is 11.4. The molecule has 2 aliphatic rings. The van der Waals surface area contributed by atoms with E-state index in [0.29, 0.717) is 11.8 Å². The fraction of sp³-hybridized carbons (Fsp3) is 0.500. The summed E-state index contributed by atoms with van der Waals surface area (Å²) in [5.74, 6) is 1.80. The summed E-state index contributed by atoms with van der Waals surface area (Å²) < 4.78 is 5.67. The lowest BCUT2D eigenvalue weighted by atomic mass is 9.79. The van der Waals surface area contributed by atoms with Crippen molar-refractivity contribution in [3.05, 3.63) is 41.7 Å². The maximum absolute atomic E-state index is 5.67.